The molecule has 0 aliphatic carbocycles. The minimum absolute atomic E-state index is 0.0659. The minimum atomic E-state index is -3.30. The van der Waals surface area contributed by atoms with Crippen LogP contribution in [0, 0.1) is 0 Å². The first-order valence-corrected chi connectivity index (χ1v) is 7.31. The summed E-state index contributed by atoms with van der Waals surface area (Å²) in [6.07, 6.45) is 6.79. The van der Waals surface area contributed by atoms with Crippen LogP contribution in [0.1, 0.15) is 25.7 Å². The molecule has 0 aromatic carbocycles. The summed E-state index contributed by atoms with van der Waals surface area (Å²) in [6, 6.07) is 0. The largest absolute Gasteiger partial charge is 0.490 e. The van der Waals surface area contributed by atoms with Crippen LogP contribution in [0.2, 0.25) is 0 Å². The Labute approximate surface area is 102 Å². The normalized spacial score (nSPS) is 11.6. The maximum atomic E-state index is 10.7. The summed E-state index contributed by atoms with van der Waals surface area (Å²) in [5.74, 6) is 0.827. The fourth-order valence-electron chi connectivity index (χ4n) is 1.42. The zero-order valence-electron chi connectivity index (χ0n) is 10.0. The molecular weight excluding hydrogens is 242 g/mol. The number of unbranched alkanes of at least 4 members (excludes halogenated alkanes) is 3. The van der Waals surface area contributed by atoms with Crippen LogP contribution in [0.5, 0.6) is 5.75 Å². The van der Waals surface area contributed by atoms with Crippen molar-refractivity contribution in [2.24, 2.45) is 12.2 Å². The van der Waals surface area contributed by atoms with Crippen molar-refractivity contribution in [3.63, 3.8) is 0 Å². The summed E-state index contributed by atoms with van der Waals surface area (Å²) in [6.45, 7) is 0.626. The van der Waals surface area contributed by atoms with Gasteiger partial charge in [0.15, 0.2) is 5.75 Å². The van der Waals surface area contributed by atoms with E-state index in [4.69, 9.17) is 9.88 Å². The van der Waals surface area contributed by atoms with E-state index in [0.29, 0.717) is 13.0 Å². The van der Waals surface area contributed by atoms with Crippen molar-refractivity contribution in [2.75, 3.05) is 12.4 Å². The highest BCUT2D eigenvalue weighted by Crippen LogP contribution is 2.08. The predicted molar refractivity (Wildman–Crippen MR) is 65.1 cm³/mol. The third-order valence-corrected chi connectivity index (χ3v) is 3.13. The predicted octanol–water partition coefficient (Wildman–Crippen LogP) is 0.648. The highest BCUT2D eigenvalue weighted by Gasteiger charge is 2.01. The van der Waals surface area contributed by atoms with E-state index in [1.54, 1.807) is 17.1 Å². The average Bonchev–Trinajstić information content (AvgIpc) is 2.61. The topological polar surface area (TPSA) is 87.2 Å². The van der Waals surface area contributed by atoms with E-state index in [0.717, 1.165) is 25.0 Å². The van der Waals surface area contributed by atoms with Gasteiger partial charge < -0.3 is 4.74 Å². The van der Waals surface area contributed by atoms with Gasteiger partial charge >= 0.3 is 0 Å². The average molecular weight is 261 g/mol. The first-order valence-electron chi connectivity index (χ1n) is 5.59. The van der Waals surface area contributed by atoms with E-state index in [1.165, 1.54) is 0 Å². The smallest absolute Gasteiger partial charge is 0.209 e. The number of hydrogen-bond donors (Lipinski definition) is 1. The van der Waals surface area contributed by atoms with E-state index < -0.39 is 10.0 Å². The molecular formula is C10H19N3O3S. The van der Waals surface area contributed by atoms with Crippen molar-refractivity contribution in [1.29, 1.82) is 0 Å². The number of aromatic nitrogens is 2. The number of nitrogens with two attached hydrogens (primary N) is 1. The van der Waals surface area contributed by atoms with Crippen LogP contribution in [-0.4, -0.2) is 30.6 Å². The lowest BCUT2D eigenvalue weighted by molar-refractivity contribution is 0.305. The van der Waals surface area contributed by atoms with Gasteiger partial charge in [-0.05, 0) is 12.8 Å². The van der Waals surface area contributed by atoms with Crippen molar-refractivity contribution in [1.82, 2.24) is 9.78 Å². The third-order valence-electron chi connectivity index (χ3n) is 2.27. The van der Waals surface area contributed by atoms with Gasteiger partial charge in [-0.15, -0.1) is 0 Å². The van der Waals surface area contributed by atoms with Crippen molar-refractivity contribution in [3.8, 4) is 5.75 Å². The van der Waals surface area contributed by atoms with Gasteiger partial charge in [0.1, 0.15) is 0 Å². The van der Waals surface area contributed by atoms with Crippen LogP contribution >= 0.6 is 0 Å². The molecule has 0 saturated carbocycles. The zero-order chi connectivity index (χ0) is 12.7. The maximum Gasteiger partial charge on any atom is 0.209 e. The van der Waals surface area contributed by atoms with Crippen molar-refractivity contribution >= 4 is 10.0 Å². The van der Waals surface area contributed by atoms with Gasteiger partial charge in [0.05, 0.1) is 24.8 Å². The summed E-state index contributed by atoms with van der Waals surface area (Å²) in [4.78, 5) is 0. The summed E-state index contributed by atoms with van der Waals surface area (Å²) in [5.41, 5.74) is 0. The van der Waals surface area contributed by atoms with Gasteiger partial charge in [-0.25, -0.2) is 13.6 Å². The van der Waals surface area contributed by atoms with Crippen LogP contribution in [0.25, 0.3) is 0 Å². The Hall–Kier alpha value is -1.08. The molecule has 0 unspecified atom stereocenters. The molecule has 0 amide bonds. The molecule has 1 aromatic rings. The summed E-state index contributed by atoms with van der Waals surface area (Å²) >= 11 is 0. The SMILES string of the molecule is Cn1cc(OCCCCCCS(N)(=O)=O)cn1. The second kappa shape index (κ2) is 6.61. The fourth-order valence-corrected chi connectivity index (χ4v) is 2.03. The Morgan fingerprint density at radius 1 is 1.35 bits per heavy atom. The first-order chi connectivity index (χ1) is 7.97. The number of nitrogens with zero attached hydrogens (tertiary/aromatic N) is 2. The van der Waals surface area contributed by atoms with Gasteiger partial charge in [0, 0.05) is 7.05 Å². The molecule has 0 saturated heterocycles. The summed E-state index contributed by atoms with van der Waals surface area (Å²) < 4.78 is 28.4. The maximum absolute atomic E-state index is 10.7. The Bertz CT molecular complexity index is 428. The highest BCUT2D eigenvalue weighted by molar-refractivity contribution is 7.89. The van der Waals surface area contributed by atoms with E-state index in [2.05, 4.69) is 5.10 Å². The number of primary sulfonamides is 1. The number of aryl methyl sites for hydroxylation is 1. The molecule has 17 heavy (non-hydrogen) atoms. The van der Waals surface area contributed by atoms with Crippen LogP contribution in [0.3, 0.4) is 0 Å². The van der Waals surface area contributed by atoms with Crippen LogP contribution in [-0.2, 0) is 17.1 Å². The second-order valence-electron chi connectivity index (χ2n) is 3.98. The summed E-state index contributed by atoms with van der Waals surface area (Å²) in [5, 5.41) is 8.88. The molecule has 7 heteroatoms. The lowest BCUT2D eigenvalue weighted by Gasteiger charge is -2.03. The van der Waals surface area contributed by atoms with Gasteiger partial charge in [-0.1, -0.05) is 12.8 Å². The van der Waals surface area contributed by atoms with E-state index in [-0.39, 0.29) is 5.75 Å². The number of rotatable bonds is 8. The first kappa shape index (κ1) is 14.0. The Balaban J connectivity index is 1.98. The number of ether oxygens (including phenoxy) is 1. The lowest BCUT2D eigenvalue weighted by Crippen LogP contribution is -2.16. The number of sulfonamides is 1. The Kier molecular flexibility index (Phi) is 5.43. The Morgan fingerprint density at radius 3 is 2.65 bits per heavy atom. The number of hydrogen-bond acceptors (Lipinski definition) is 4. The molecule has 1 aromatic heterocycles. The van der Waals surface area contributed by atoms with E-state index in [1.807, 2.05) is 7.05 Å². The summed E-state index contributed by atoms with van der Waals surface area (Å²) in [7, 11) is -1.47. The van der Waals surface area contributed by atoms with Gasteiger partial charge in [-0.3, -0.25) is 4.68 Å². The third kappa shape index (κ3) is 6.96. The molecule has 0 aliphatic heterocycles. The van der Waals surface area contributed by atoms with Gasteiger partial charge in [0.2, 0.25) is 10.0 Å². The molecule has 0 fully saturated rings. The lowest BCUT2D eigenvalue weighted by atomic mass is 10.2. The highest BCUT2D eigenvalue weighted by atomic mass is 32.2. The fraction of sp³-hybridized carbons (Fsp3) is 0.700. The monoisotopic (exact) mass is 261 g/mol. The van der Waals surface area contributed by atoms with Crippen molar-refractivity contribution in [2.45, 2.75) is 25.7 Å². The molecule has 0 spiro atoms. The molecule has 6 nitrogen and oxygen atoms in total. The standard InChI is InChI=1S/C10H19N3O3S/c1-13-9-10(8-12-13)16-6-4-2-3-5-7-17(11,14)15/h8-9H,2-7H2,1H3,(H2,11,14,15). The molecule has 2 N–H and O–H groups in total. The van der Waals surface area contributed by atoms with Gasteiger partial charge in [0.25, 0.3) is 0 Å². The van der Waals surface area contributed by atoms with Crippen LogP contribution in [0.15, 0.2) is 12.4 Å². The molecule has 0 radical (unpaired) electrons. The van der Waals surface area contributed by atoms with Crippen LogP contribution < -0.4 is 9.88 Å². The Morgan fingerprint density at radius 2 is 2.06 bits per heavy atom. The van der Waals surface area contributed by atoms with E-state index in [9.17, 15) is 8.42 Å². The van der Waals surface area contributed by atoms with Gasteiger partial charge in [-0.2, -0.15) is 5.10 Å². The molecule has 0 atom stereocenters. The van der Waals surface area contributed by atoms with E-state index >= 15 is 0 Å². The molecule has 0 aliphatic rings. The van der Waals surface area contributed by atoms with Crippen molar-refractivity contribution < 1.29 is 13.2 Å². The quantitative estimate of drug-likeness (QED) is 0.696. The molecule has 1 rings (SSSR count). The second-order valence-corrected chi connectivity index (χ2v) is 5.71. The van der Waals surface area contributed by atoms with Crippen molar-refractivity contribution in [3.05, 3.63) is 12.4 Å². The molecule has 0 bridgehead atoms. The minimum Gasteiger partial charge on any atom is -0.490 e. The molecule has 98 valence electrons. The van der Waals surface area contributed by atoms with Crippen LogP contribution in [0.4, 0.5) is 0 Å². The zero-order valence-corrected chi connectivity index (χ0v) is 10.8. The molecule has 1 heterocycles.